The predicted octanol–water partition coefficient (Wildman–Crippen LogP) is 5.54. The van der Waals surface area contributed by atoms with E-state index < -0.39 is 11.3 Å². The highest BCUT2D eigenvalue weighted by Gasteiger charge is 2.49. The first-order chi connectivity index (χ1) is 12.5. The Labute approximate surface area is 171 Å². The van der Waals surface area contributed by atoms with Crippen molar-refractivity contribution in [2.24, 2.45) is 0 Å². The third-order valence-electron chi connectivity index (χ3n) is 4.41. The van der Waals surface area contributed by atoms with Crippen LogP contribution in [0.15, 0.2) is 28.7 Å². The van der Waals surface area contributed by atoms with Crippen molar-refractivity contribution in [2.75, 3.05) is 0 Å². The quantitative estimate of drug-likeness (QED) is 0.585. The summed E-state index contributed by atoms with van der Waals surface area (Å²) in [7, 11) is 0. The second-order valence-corrected chi connectivity index (χ2v) is 9.29. The van der Waals surface area contributed by atoms with Crippen molar-refractivity contribution in [2.45, 2.75) is 84.3 Å². The second-order valence-electron chi connectivity index (χ2n) is 8.37. The van der Waals surface area contributed by atoms with Gasteiger partial charge in [0.15, 0.2) is 0 Å². The Morgan fingerprint density at radius 3 is 2.48 bits per heavy atom. The number of rotatable bonds is 3. The Morgan fingerprint density at radius 1 is 1.26 bits per heavy atom. The maximum atomic E-state index is 12.7. The summed E-state index contributed by atoms with van der Waals surface area (Å²) in [6.45, 7) is 11.4. The number of halogens is 1. The van der Waals surface area contributed by atoms with E-state index in [1.807, 2.05) is 53.7 Å². The monoisotopic (exact) mass is 435 g/mol. The number of hydrogen-bond acceptors (Lipinski definition) is 3. The van der Waals surface area contributed by atoms with Crippen LogP contribution in [0.4, 0.5) is 4.79 Å². The van der Waals surface area contributed by atoms with Gasteiger partial charge in [0.05, 0.1) is 12.1 Å². The lowest BCUT2D eigenvalue weighted by Gasteiger charge is -2.34. The molecule has 2 unspecified atom stereocenters. The van der Waals surface area contributed by atoms with Crippen LogP contribution in [0.5, 0.6) is 0 Å². The standard InChI is InChI=1S/C22H30BrNO3/c1-16-19(11-9-7-8-10-17-12-14-18(23)15-13-17)24(22(5,6)26-16)20(25)27-21(2,3)4/h12-16,19H,8,10-11H2,1-6H3. The third-order valence-corrected chi connectivity index (χ3v) is 4.93. The molecule has 1 amide bonds. The Balaban J connectivity index is 1.98. The van der Waals surface area contributed by atoms with Gasteiger partial charge in [0, 0.05) is 17.3 Å². The molecule has 5 heteroatoms. The number of carbonyl (C=O) groups is 1. The van der Waals surface area contributed by atoms with Crippen molar-refractivity contribution >= 4 is 22.0 Å². The Morgan fingerprint density at radius 2 is 1.89 bits per heavy atom. The zero-order valence-electron chi connectivity index (χ0n) is 17.1. The SMILES string of the molecule is CC1OC(C)(C)N(C(=O)OC(C)(C)C)C1CC#CCCc1ccc(Br)cc1. The molecule has 0 spiro atoms. The average molecular weight is 436 g/mol. The molecule has 2 atom stereocenters. The molecule has 1 aliphatic heterocycles. The number of amides is 1. The maximum Gasteiger partial charge on any atom is 0.412 e. The summed E-state index contributed by atoms with van der Waals surface area (Å²) in [6, 6.07) is 8.17. The fourth-order valence-electron chi connectivity index (χ4n) is 3.25. The molecule has 0 N–H and O–H groups in total. The van der Waals surface area contributed by atoms with E-state index in [-0.39, 0.29) is 18.2 Å². The minimum absolute atomic E-state index is 0.0895. The molecule has 1 saturated heterocycles. The lowest BCUT2D eigenvalue weighted by molar-refractivity contribution is -0.0755. The van der Waals surface area contributed by atoms with Gasteiger partial charge in [0.1, 0.15) is 11.3 Å². The third kappa shape index (κ3) is 6.26. The first-order valence-electron chi connectivity index (χ1n) is 9.40. The van der Waals surface area contributed by atoms with Crippen molar-refractivity contribution in [3.05, 3.63) is 34.3 Å². The molecule has 0 aromatic heterocycles. The highest BCUT2D eigenvalue weighted by molar-refractivity contribution is 9.10. The van der Waals surface area contributed by atoms with Crippen LogP contribution in [0, 0.1) is 11.8 Å². The molecule has 4 nitrogen and oxygen atoms in total. The van der Waals surface area contributed by atoms with E-state index >= 15 is 0 Å². The number of nitrogens with zero attached hydrogens (tertiary/aromatic N) is 1. The van der Waals surface area contributed by atoms with Gasteiger partial charge in [0.2, 0.25) is 0 Å². The largest absolute Gasteiger partial charge is 0.444 e. The van der Waals surface area contributed by atoms with Crippen molar-refractivity contribution in [1.29, 1.82) is 0 Å². The molecule has 1 fully saturated rings. The number of aryl methyl sites for hydroxylation is 1. The number of benzene rings is 1. The highest BCUT2D eigenvalue weighted by atomic mass is 79.9. The number of ether oxygens (including phenoxy) is 2. The van der Waals surface area contributed by atoms with Crippen LogP contribution in [0.3, 0.4) is 0 Å². The van der Waals surface area contributed by atoms with Gasteiger partial charge >= 0.3 is 6.09 Å². The normalized spacial score (nSPS) is 21.5. The molecule has 27 heavy (non-hydrogen) atoms. The van der Waals surface area contributed by atoms with E-state index in [1.54, 1.807) is 4.90 Å². The Kier molecular flexibility index (Phi) is 6.99. The van der Waals surface area contributed by atoms with Crippen molar-refractivity contribution in [1.82, 2.24) is 4.90 Å². The lowest BCUT2D eigenvalue weighted by Crippen LogP contribution is -2.50. The van der Waals surface area contributed by atoms with Gasteiger partial charge < -0.3 is 9.47 Å². The topological polar surface area (TPSA) is 38.8 Å². The fraction of sp³-hybridized carbons (Fsp3) is 0.591. The molecule has 1 aromatic carbocycles. The van der Waals surface area contributed by atoms with E-state index in [9.17, 15) is 4.79 Å². The molecule has 0 saturated carbocycles. The molecule has 1 aromatic rings. The van der Waals surface area contributed by atoms with Gasteiger partial charge in [-0.15, -0.1) is 11.8 Å². The summed E-state index contributed by atoms with van der Waals surface area (Å²) in [4.78, 5) is 14.4. The van der Waals surface area contributed by atoms with Crippen LogP contribution in [0.2, 0.25) is 0 Å². The summed E-state index contributed by atoms with van der Waals surface area (Å²) >= 11 is 3.44. The number of hydrogen-bond donors (Lipinski definition) is 0. The molecule has 2 rings (SSSR count). The van der Waals surface area contributed by atoms with Crippen LogP contribution in [-0.2, 0) is 15.9 Å². The van der Waals surface area contributed by atoms with Gasteiger partial charge in [0.25, 0.3) is 0 Å². The van der Waals surface area contributed by atoms with E-state index in [1.165, 1.54) is 5.56 Å². The van der Waals surface area contributed by atoms with Gasteiger partial charge in [-0.1, -0.05) is 28.1 Å². The zero-order chi connectivity index (χ0) is 20.2. The predicted molar refractivity (Wildman–Crippen MR) is 111 cm³/mol. The lowest BCUT2D eigenvalue weighted by atomic mass is 10.1. The van der Waals surface area contributed by atoms with E-state index in [4.69, 9.17) is 9.47 Å². The molecule has 148 valence electrons. The molecule has 1 aliphatic rings. The first-order valence-corrected chi connectivity index (χ1v) is 10.2. The minimum Gasteiger partial charge on any atom is -0.444 e. The van der Waals surface area contributed by atoms with E-state index in [0.29, 0.717) is 6.42 Å². The summed E-state index contributed by atoms with van der Waals surface area (Å²) in [6.07, 6.45) is 1.84. The van der Waals surface area contributed by atoms with Gasteiger partial charge in [-0.2, -0.15) is 0 Å². The van der Waals surface area contributed by atoms with Gasteiger partial charge in [-0.25, -0.2) is 4.79 Å². The van der Waals surface area contributed by atoms with Crippen molar-refractivity contribution in [3.8, 4) is 11.8 Å². The van der Waals surface area contributed by atoms with Gasteiger partial charge in [-0.05, 0) is 65.7 Å². The van der Waals surface area contributed by atoms with E-state index in [2.05, 4.69) is 39.9 Å². The molecule has 0 bridgehead atoms. The van der Waals surface area contributed by atoms with Crippen molar-refractivity contribution < 1.29 is 14.3 Å². The first kappa shape index (κ1) is 21.8. The smallest absolute Gasteiger partial charge is 0.412 e. The summed E-state index contributed by atoms with van der Waals surface area (Å²) in [5, 5.41) is 0. The maximum absolute atomic E-state index is 12.7. The zero-order valence-corrected chi connectivity index (χ0v) is 18.7. The van der Waals surface area contributed by atoms with Gasteiger partial charge in [-0.3, -0.25) is 4.90 Å². The van der Waals surface area contributed by atoms with Crippen molar-refractivity contribution in [3.63, 3.8) is 0 Å². The Hall–Kier alpha value is -1.51. The summed E-state index contributed by atoms with van der Waals surface area (Å²) in [5.74, 6) is 6.47. The summed E-state index contributed by atoms with van der Waals surface area (Å²) in [5.41, 5.74) is 0.0207. The molecular formula is C22H30BrNO3. The highest BCUT2D eigenvalue weighted by Crippen LogP contribution is 2.34. The summed E-state index contributed by atoms with van der Waals surface area (Å²) < 4.78 is 12.7. The fourth-order valence-corrected chi connectivity index (χ4v) is 3.51. The molecule has 0 aliphatic carbocycles. The molecular weight excluding hydrogens is 406 g/mol. The van der Waals surface area contributed by atoms with Crippen LogP contribution in [0.25, 0.3) is 0 Å². The average Bonchev–Trinajstić information content (AvgIpc) is 2.75. The Bertz CT molecular complexity index is 710. The molecule has 0 radical (unpaired) electrons. The van der Waals surface area contributed by atoms with E-state index in [0.717, 1.165) is 17.3 Å². The second kappa shape index (κ2) is 8.67. The minimum atomic E-state index is -0.703. The molecule has 1 heterocycles. The van der Waals surface area contributed by atoms with Crippen LogP contribution in [-0.4, -0.2) is 34.5 Å². The van der Waals surface area contributed by atoms with Crippen LogP contribution >= 0.6 is 15.9 Å². The van der Waals surface area contributed by atoms with Crippen LogP contribution in [0.1, 0.15) is 59.9 Å². The van der Waals surface area contributed by atoms with Crippen LogP contribution < -0.4 is 0 Å². The number of carbonyl (C=O) groups excluding carboxylic acids is 1.